The fourth-order valence-electron chi connectivity index (χ4n) is 3.38. The molecule has 1 amide bonds. The molecule has 0 fully saturated rings. The molecule has 0 saturated carbocycles. The van der Waals surface area contributed by atoms with Crippen molar-refractivity contribution in [3.63, 3.8) is 0 Å². The molecule has 1 aliphatic heterocycles. The third-order valence-corrected chi connectivity index (χ3v) is 4.57. The van der Waals surface area contributed by atoms with Crippen molar-refractivity contribution in [2.75, 3.05) is 13.1 Å². The van der Waals surface area contributed by atoms with E-state index in [-0.39, 0.29) is 5.91 Å². The van der Waals surface area contributed by atoms with Gasteiger partial charge >= 0.3 is 5.97 Å². The van der Waals surface area contributed by atoms with Gasteiger partial charge < -0.3 is 9.64 Å². The van der Waals surface area contributed by atoms with Crippen molar-refractivity contribution in [3.05, 3.63) is 41.6 Å². The van der Waals surface area contributed by atoms with Crippen LogP contribution in [0.5, 0.6) is 0 Å². The Morgan fingerprint density at radius 2 is 1.84 bits per heavy atom. The van der Waals surface area contributed by atoms with Gasteiger partial charge in [0.2, 0.25) is 0 Å². The molecule has 2 heterocycles. The van der Waals surface area contributed by atoms with Crippen LogP contribution in [0, 0.1) is 0 Å². The lowest BCUT2D eigenvalue weighted by Crippen LogP contribution is -2.41. The minimum Gasteiger partial charge on any atom is -0.453 e. The molecule has 1 aromatic heterocycles. The SMILES string of the molecule is CC(=O)OC(C)C(=O)N1CCc2c(-c3ccccc3)nn(C)c2CC1. The molecule has 2 aromatic rings. The molecule has 6 nitrogen and oxygen atoms in total. The molecule has 1 aliphatic rings. The quantitative estimate of drug-likeness (QED) is 0.801. The average Bonchev–Trinajstić information content (AvgIpc) is 2.77. The summed E-state index contributed by atoms with van der Waals surface area (Å²) >= 11 is 0. The number of carbonyl (C=O) groups excluding carboxylic acids is 2. The molecule has 6 heteroatoms. The average molecular weight is 341 g/mol. The maximum absolute atomic E-state index is 12.5. The van der Waals surface area contributed by atoms with E-state index >= 15 is 0 Å². The Balaban J connectivity index is 1.81. The molecule has 0 aliphatic carbocycles. The molecule has 132 valence electrons. The first-order valence-electron chi connectivity index (χ1n) is 8.53. The summed E-state index contributed by atoms with van der Waals surface area (Å²) in [5.74, 6) is -0.577. The first-order chi connectivity index (χ1) is 12.0. The molecule has 0 N–H and O–H groups in total. The van der Waals surface area contributed by atoms with Crippen LogP contribution >= 0.6 is 0 Å². The van der Waals surface area contributed by atoms with E-state index < -0.39 is 12.1 Å². The van der Waals surface area contributed by atoms with Crippen molar-refractivity contribution in [2.45, 2.75) is 32.8 Å². The van der Waals surface area contributed by atoms with E-state index in [1.54, 1.807) is 11.8 Å². The largest absolute Gasteiger partial charge is 0.453 e. The Bertz CT molecular complexity index is 783. The third kappa shape index (κ3) is 3.57. The lowest BCUT2D eigenvalue weighted by molar-refractivity contribution is -0.157. The van der Waals surface area contributed by atoms with Gasteiger partial charge in [-0.3, -0.25) is 14.3 Å². The monoisotopic (exact) mass is 341 g/mol. The second-order valence-corrected chi connectivity index (χ2v) is 6.34. The minimum atomic E-state index is -0.745. The van der Waals surface area contributed by atoms with Crippen molar-refractivity contribution in [1.29, 1.82) is 0 Å². The summed E-state index contributed by atoms with van der Waals surface area (Å²) in [6.07, 6.45) is 0.737. The van der Waals surface area contributed by atoms with E-state index in [0.29, 0.717) is 13.1 Å². The molecule has 0 saturated heterocycles. The predicted octanol–water partition coefficient (Wildman–Crippen LogP) is 1.97. The van der Waals surface area contributed by atoms with E-state index in [9.17, 15) is 9.59 Å². The number of benzene rings is 1. The van der Waals surface area contributed by atoms with Crippen molar-refractivity contribution in [2.24, 2.45) is 7.05 Å². The summed E-state index contributed by atoms with van der Waals surface area (Å²) in [7, 11) is 1.95. The van der Waals surface area contributed by atoms with Crippen LogP contribution < -0.4 is 0 Å². The van der Waals surface area contributed by atoms with Gasteiger partial charge in [-0.2, -0.15) is 5.10 Å². The van der Waals surface area contributed by atoms with Crippen LogP contribution in [-0.4, -0.2) is 45.8 Å². The zero-order chi connectivity index (χ0) is 18.0. The third-order valence-electron chi connectivity index (χ3n) is 4.57. The van der Waals surface area contributed by atoms with Crippen LogP contribution in [0.4, 0.5) is 0 Å². The number of esters is 1. The van der Waals surface area contributed by atoms with E-state index in [1.165, 1.54) is 12.5 Å². The highest BCUT2D eigenvalue weighted by Gasteiger charge is 2.27. The number of aromatic nitrogens is 2. The van der Waals surface area contributed by atoms with E-state index in [1.807, 2.05) is 29.9 Å². The second kappa shape index (κ2) is 7.09. The van der Waals surface area contributed by atoms with Crippen LogP contribution in [-0.2, 0) is 34.2 Å². The number of hydrogen-bond donors (Lipinski definition) is 0. The Morgan fingerprint density at radius 3 is 2.52 bits per heavy atom. The van der Waals surface area contributed by atoms with Gasteiger partial charge in [0.1, 0.15) is 0 Å². The number of aryl methyl sites for hydroxylation is 1. The van der Waals surface area contributed by atoms with Gasteiger partial charge in [-0.05, 0) is 13.3 Å². The number of ether oxygens (including phenoxy) is 1. The summed E-state index contributed by atoms with van der Waals surface area (Å²) in [5.41, 5.74) is 4.44. The first-order valence-corrected chi connectivity index (χ1v) is 8.53. The molecule has 0 radical (unpaired) electrons. The number of rotatable bonds is 3. The molecule has 0 bridgehead atoms. The van der Waals surface area contributed by atoms with Crippen molar-refractivity contribution in [1.82, 2.24) is 14.7 Å². The van der Waals surface area contributed by atoms with E-state index in [2.05, 4.69) is 12.1 Å². The van der Waals surface area contributed by atoms with Crippen LogP contribution in [0.15, 0.2) is 30.3 Å². The highest BCUT2D eigenvalue weighted by atomic mass is 16.5. The van der Waals surface area contributed by atoms with Gasteiger partial charge in [0, 0.05) is 50.3 Å². The fraction of sp³-hybridized carbons (Fsp3) is 0.421. The van der Waals surface area contributed by atoms with Gasteiger partial charge in [0.05, 0.1) is 5.69 Å². The number of carbonyl (C=O) groups is 2. The lowest BCUT2D eigenvalue weighted by atomic mass is 10.0. The first kappa shape index (κ1) is 17.2. The van der Waals surface area contributed by atoms with Gasteiger partial charge in [-0.25, -0.2) is 0 Å². The highest BCUT2D eigenvalue weighted by Crippen LogP contribution is 2.28. The summed E-state index contributed by atoms with van der Waals surface area (Å²) in [5, 5.41) is 4.69. The molecule has 1 unspecified atom stereocenters. The summed E-state index contributed by atoms with van der Waals surface area (Å²) < 4.78 is 6.95. The van der Waals surface area contributed by atoms with Crippen molar-refractivity contribution in [3.8, 4) is 11.3 Å². The van der Waals surface area contributed by atoms with Crippen LogP contribution in [0.25, 0.3) is 11.3 Å². The van der Waals surface area contributed by atoms with Gasteiger partial charge in [0.15, 0.2) is 6.10 Å². The number of hydrogen-bond acceptors (Lipinski definition) is 4. The summed E-state index contributed by atoms with van der Waals surface area (Å²) in [6.45, 7) is 4.15. The smallest absolute Gasteiger partial charge is 0.303 e. The zero-order valence-electron chi connectivity index (χ0n) is 14.9. The summed E-state index contributed by atoms with van der Waals surface area (Å²) in [6, 6.07) is 10.1. The maximum atomic E-state index is 12.5. The Kier molecular flexibility index (Phi) is 4.88. The Hall–Kier alpha value is -2.63. The van der Waals surface area contributed by atoms with Crippen LogP contribution in [0.2, 0.25) is 0 Å². The van der Waals surface area contributed by atoms with Gasteiger partial charge in [0.25, 0.3) is 5.91 Å². The topological polar surface area (TPSA) is 64.4 Å². The Labute approximate surface area is 147 Å². The maximum Gasteiger partial charge on any atom is 0.303 e. The standard InChI is InChI=1S/C19H23N3O3/c1-13(25-14(2)23)19(24)22-11-9-16-17(10-12-22)21(3)20-18(16)15-7-5-4-6-8-15/h4-8,13H,9-12H2,1-3H3. The van der Waals surface area contributed by atoms with Crippen LogP contribution in [0.3, 0.4) is 0 Å². The molecule has 25 heavy (non-hydrogen) atoms. The van der Waals surface area contributed by atoms with Crippen LogP contribution in [0.1, 0.15) is 25.1 Å². The van der Waals surface area contributed by atoms with E-state index in [4.69, 9.17) is 9.84 Å². The minimum absolute atomic E-state index is 0.141. The summed E-state index contributed by atoms with van der Waals surface area (Å²) in [4.78, 5) is 25.4. The molecular formula is C19H23N3O3. The second-order valence-electron chi connectivity index (χ2n) is 6.34. The molecule has 3 rings (SSSR count). The Morgan fingerprint density at radius 1 is 1.16 bits per heavy atom. The normalized spacial score (nSPS) is 15.2. The highest BCUT2D eigenvalue weighted by molar-refractivity contribution is 5.83. The van der Waals surface area contributed by atoms with E-state index in [0.717, 1.165) is 29.8 Å². The van der Waals surface area contributed by atoms with Crippen molar-refractivity contribution < 1.29 is 14.3 Å². The van der Waals surface area contributed by atoms with Crippen molar-refractivity contribution >= 4 is 11.9 Å². The molecule has 0 spiro atoms. The molecular weight excluding hydrogens is 318 g/mol. The number of nitrogens with zero attached hydrogens (tertiary/aromatic N) is 3. The zero-order valence-corrected chi connectivity index (χ0v) is 14.9. The van der Waals surface area contributed by atoms with Gasteiger partial charge in [-0.1, -0.05) is 30.3 Å². The lowest BCUT2D eigenvalue weighted by Gasteiger charge is -2.23. The molecule has 1 atom stereocenters. The van der Waals surface area contributed by atoms with Gasteiger partial charge in [-0.15, -0.1) is 0 Å². The molecule has 1 aromatic carbocycles. The fourth-order valence-corrected chi connectivity index (χ4v) is 3.38. The predicted molar refractivity (Wildman–Crippen MR) is 93.9 cm³/mol. The number of amides is 1. The number of fused-ring (bicyclic) bond motifs is 1.